The van der Waals surface area contributed by atoms with Crippen LogP contribution in [-0.2, 0) is 6.42 Å². The second-order valence-electron chi connectivity index (χ2n) is 5.93. The molecule has 1 fully saturated rings. The van der Waals surface area contributed by atoms with Gasteiger partial charge in [-0.15, -0.1) is 6.58 Å². The summed E-state index contributed by atoms with van der Waals surface area (Å²) in [5.74, 6) is 0.819. The van der Waals surface area contributed by atoms with E-state index in [1.54, 1.807) is 0 Å². The normalized spacial score (nSPS) is 17.1. The molecule has 1 unspecified atom stereocenters. The molecule has 0 spiro atoms. The van der Waals surface area contributed by atoms with E-state index in [-0.39, 0.29) is 19.0 Å². The van der Waals surface area contributed by atoms with Gasteiger partial charge in [0.2, 0.25) is 0 Å². The number of halogens is 1. The van der Waals surface area contributed by atoms with Crippen molar-refractivity contribution in [1.82, 2.24) is 9.80 Å². The highest BCUT2D eigenvalue weighted by molar-refractivity contribution is 5.34. The van der Waals surface area contributed by atoms with Gasteiger partial charge in [-0.2, -0.15) is 0 Å². The molecule has 1 aliphatic rings. The minimum atomic E-state index is -0.504. The van der Waals surface area contributed by atoms with Crippen LogP contribution in [0.2, 0.25) is 0 Å². The Hall–Kier alpha value is -1.11. The smallest absolute Gasteiger partial charge is 0.122 e. The zero-order valence-corrected chi connectivity index (χ0v) is 14.9. The Kier molecular flexibility index (Phi) is 9.98. The van der Waals surface area contributed by atoms with Crippen LogP contribution in [0.5, 0.6) is 5.75 Å². The van der Waals surface area contributed by atoms with Crippen molar-refractivity contribution in [2.24, 2.45) is 0 Å². The van der Waals surface area contributed by atoms with Gasteiger partial charge in [0.1, 0.15) is 18.5 Å². The van der Waals surface area contributed by atoms with Crippen molar-refractivity contribution in [2.45, 2.75) is 12.5 Å². The Labute approximate surface area is 150 Å². The molecule has 136 valence electrons. The molecule has 0 radical (unpaired) electrons. The van der Waals surface area contributed by atoms with Crippen molar-refractivity contribution in [3.05, 3.63) is 42.5 Å². The summed E-state index contributed by atoms with van der Waals surface area (Å²) in [4.78, 5) is 4.49. The molecule has 0 aromatic heterocycles. The number of para-hydroxylation sites is 1. The lowest BCUT2D eigenvalue weighted by atomic mass is 10.1. The van der Waals surface area contributed by atoms with Crippen LogP contribution < -0.4 is 17.1 Å². The van der Waals surface area contributed by atoms with Gasteiger partial charge in [0.05, 0.1) is 6.61 Å². The van der Waals surface area contributed by atoms with Crippen LogP contribution >= 0.6 is 0 Å². The SMILES string of the molecule is C=CCc1ccccc1OCC(O)CN1CCN(CCO)CC1.[Cl-]. The van der Waals surface area contributed by atoms with Gasteiger partial charge in [0, 0.05) is 39.3 Å². The summed E-state index contributed by atoms with van der Waals surface area (Å²) in [5.41, 5.74) is 1.09. The summed E-state index contributed by atoms with van der Waals surface area (Å²) in [6, 6.07) is 7.87. The third-order valence-electron chi connectivity index (χ3n) is 4.12. The van der Waals surface area contributed by atoms with Crippen LogP contribution in [0.25, 0.3) is 0 Å². The van der Waals surface area contributed by atoms with Gasteiger partial charge in [0.15, 0.2) is 0 Å². The minimum absolute atomic E-state index is 0. The lowest BCUT2D eigenvalue weighted by molar-refractivity contribution is -0.00000811. The summed E-state index contributed by atoms with van der Waals surface area (Å²) in [6.07, 6.45) is 2.11. The summed E-state index contributed by atoms with van der Waals surface area (Å²) in [6.45, 7) is 9.34. The van der Waals surface area contributed by atoms with Crippen LogP contribution in [0.1, 0.15) is 5.56 Å². The van der Waals surface area contributed by atoms with E-state index in [2.05, 4.69) is 16.4 Å². The monoisotopic (exact) mass is 355 g/mol. The van der Waals surface area contributed by atoms with Crippen molar-refractivity contribution < 1.29 is 27.4 Å². The maximum absolute atomic E-state index is 10.2. The molecule has 6 heteroatoms. The third-order valence-corrected chi connectivity index (χ3v) is 4.12. The Morgan fingerprint density at radius 3 is 2.50 bits per heavy atom. The van der Waals surface area contributed by atoms with Crippen molar-refractivity contribution in [3.8, 4) is 5.75 Å². The van der Waals surface area contributed by atoms with Crippen molar-refractivity contribution in [1.29, 1.82) is 0 Å². The van der Waals surface area contributed by atoms with E-state index >= 15 is 0 Å². The number of nitrogens with zero attached hydrogens (tertiary/aromatic N) is 2. The summed E-state index contributed by atoms with van der Waals surface area (Å²) < 4.78 is 5.78. The second-order valence-corrected chi connectivity index (χ2v) is 5.93. The van der Waals surface area contributed by atoms with E-state index in [9.17, 15) is 5.11 Å². The molecule has 1 saturated heterocycles. The van der Waals surface area contributed by atoms with E-state index in [0.29, 0.717) is 13.2 Å². The first-order valence-corrected chi connectivity index (χ1v) is 8.28. The topological polar surface area (TPSA) is 56.2 Å². The van der Waals surface area contributed by atoms with E-state index in [4.69, 9.17) is 9.84 Å². The first-order chi connectivity index (χ1) is 11.2. The number of benzene rings is 1. The Bertz CT molecular complexity index is 479. The highest BCUT2D eigenvalue weighted by Crippen LogP contribution is 2.19. The van der Waals surface area contributed by atoms with Crippen molar-refractivity contribution in [2.75, 3.05) is 52.5 Å². The zero-order chi connectivity index (χ0) is 16.5. The van der Waals surface area contributed by atoms with Crippen LogP contribution in [0.3, 0.4) is 0 Å². The number of hydrogen-bond acceptors (Lipinski definition) is 5. The molecule has 1 heterocycles. The van der Waals surface area contributed by atoms with Crippen molar-refractivity contribution >= 4 is 0 Å². The summed E-state index contributed by atoms with van der Waals surface area (Å²) >= 11 is 0. The Morgan fingerprint density at radius 1 is 1.17 bits per heavy atom. The number of aliphatic hydroxyl groups excluding tert-OH is 2. The molecule has 0 bridgehead atoms. The Morgan fingerprint density at radius 2 is 1.83 bits per heavy atom. The van der Waals surface area contributed by atoms with E-state index < -0.39 is 6.10 Å². The maximum Gasteiger partial charge on any atom is 0.122 e. The van der Waals surface area contributed by atoms with Gasteiger partial charge in [-0.25, -0.2) is 0 Å². The molecule has 5 nitrogen and oxygen atoms in total. The number of piperazine rings is 1. The van der Waals surface area contributed by atoms with Gasteiger partial charge in [0.25, 0.3) is 0 Å². The number of hydrogen-bond donors (Lipinski definition) is 2. The molecule has 0 amide bonds. The fourth-order valence-electron chi connectivity index (χ4n) is 2.84. The number of β-amino-alcohol motifs (C(OH)–C–C–N with tert-alkyl or cyclic N) is 2. The van der Waals surface area contributed by atoms with Crippen molar-refractivity contribution in [3.63, 3.8) is 0 Å². The first-order valence-electron chi connectivity index (χ1n) is 8.28. The lowest BCUT2D eigenvalue weighted by Crippen LogP contribution is -3.00. The molecule has 1 aliphatic heterocycles. The van der Waals surface area contributed by atoms with Crippen LogP contribution in [0, 0.1) is 0 Å². The number of rotatable bonds is 9. The minimum Gasteiger partial charge on any atom is -1.00 e. The van der Waals surface area contributed by atoms with Gasteiger partial charge in [-0.05, 0) is 18.1 Å². The molecule has 0 saturated carbocycles. The Balaban J connectivity index is 0.00000288. The predicted octanol–water partition coefficient (Wildman–Crippen LogP) is -2.23. The van der Waals surface area contributed by atoms with Gasteiger partial charge < -0.3 is 27.4 Å². The van der Waals surface area contributed by atoms with Gasteiger partial charge in [-0.1, -0.05) is 24.3 Å². The lowest BCUT2D eigenvalue weighted by Gasteiger charge is -2.35. The molecule has 0 aliphatic carbocycles. The largest absolute Gasteiger partial charge is 1.00 e. The molecule has 2 rings (SSSR count). The molecular weight excluding hydrogens is 328 g/mol. The quantitative estimate of drug-likeness (QED) is 0.491. The van der Waals surface area contributed by atoms with Gasteiger partial charge >= 0.3 is 0 Å². The number of allylic oxidation sites excluding steroid dienone is 1. The summed E-state index contributed by atoms with van der Waals surface area (Å²) in [7, 11) is 0. The molecule has 1 atom stereocenters. The number of aliphatic hydroxyl groups is 2. The van der Waals surface area contributed by atoms with Crippen LogP contribution in [0.15, 0.2) is 36.9 Å². The third kappa shape index (κ3) is 6.79. The average molecular weight is 356 g/mol. The predicted molar refractivity (Wildman–Crippen MR) is 91.8 cm³/mol. The van der Waals surface area contributed by atoms with E-state index in [1.807, 2.05) is 30.3 Å². The van der Waals surface area contributed by atoms with Crippen LogP contribution in [0.4, 0.5) is 0 Å². The van der Waals surface area contributed by atoms with Gasteiger partial charge in [-0.3, -0.25) is 9.80 Å². The fraction of sp³-hybridized carbons (Fsp3) is 0.556. The maximum atomic E-state index is 10.2. The highest BCUT2D eigenvalue weighted by Gasteiger charge is 2.19. The zero-order valence-electron chi connectivity index (χ0n) is 14.1. The summed E-state index contributed by atoms with van der Waals surface area (Å²) in [5, 5.41) is 19.2. The standard InChI is InChI=1S/C18H28N2O3.ClH/c1-2-5-16-6-3-4-7-18(16)23-15-17(22)14-20-10-8-19(9-11-20)12-13-21;/h2-4,6-7,17,21-22H,1,5,8-15H2;1H/p-1. The molecule has 24 heavy (non-hydrogen) atoms. The second kappa shape index (κ2) is 11.4. The number of ether oxygens (including phenoxy) is 1. The molecule has 2 N–H and O–H groups in total. The molecular formula is C18H28ClN2O3-. The highest BCUT2D eigenvalue weighted by atomic mass is 35.5. The molecule has 1 aromatic rings. The fourth-order valence-corrected chi connectivity index (χ4v) is 2.84. The molecule has 1 aromatic carbocycles. The van der Waals surface area contributed by atoms with Crippen LogP contribution in [-0.4, -0.2) is 78.6 Å². The first kappa shape index (κ1) is 20.9. The van der Waals surface area contributed by atoms with E-state index in [0.717, 1.165) is 50.5 Å². The van der Waals surface area contributed by atoms with E-state index in [1.165, 1.54) is 0 Å². The average Bonchev–Trinajstić information content (AvgIpc) is 2.56.